The molecule has 0 saturated carbocycles. The van der Waals surface area contributed by atoms with E-state index in [4.69, 9.17) is 4.74 Å². The molecule has 3 heterocycles. The van der Waals surface area contributed by atoms with Gasteiger partial charge in [-0.15, -0.1) is 0 Å². The maximum absolute atomic E-state index is 12.5. The lowest BCUT2D eigenvalue weighted by molar-refractivity contribution is 0.102. The first-order valence-electron chi connectivity index (χ1n) is 8.91. The van der Waals surface area contributed by atoms with E-state index in [1.807, 2.05) is 49.4 Å². The van der Waals surface area contributed by atoms with Gasteiger partial charge in [0.1, 0.15) is 17.8 Å². The molecular formula is C20H21N5O2. The van der Waals surface area contributed by atoms with Gasteiger partial charge in [-0.1, -0.05) is 6.07 Å². The number of benzene rings is 1. The van der Waals surface area contributed by atoms with Crippen LogP contribution in [0.25, 0.3) is 5.82 Å². The van der Waals surface area contributed by atoms with Crippen LogP contribution in [0, 0.1) is 6.92 Å². The molecule has 0 spiro atoms. The van der Waals surface area contributed by atoms with Crippen LogP contribution in [-0.2, 0) is 4.74 Å². The molecule has 1 aromatic carbocycles. The number of nitrogens with one attached hydrogen (secondary N) is 1. The van der Waals surface area contributed by atoms with E-state index in [0.29, 0.717) is 5.69 Å². The van der Waals surface area contributed by atoms with Crippen molar-refractivity contribution in [2.75, 3.05) is 36.5 Å². The number of nitrogens with zero attached hydrogens (tertiary/aromatic N) is 4. The van der Waals surface area contributed by atoms with E-state index in [1.54, 1.807) is 17.1 Å². The van der Waals surface area contributed by atoms with Crippen molar-refractivity contribution in [1.29, 1.82) is 0 Å². The zero-order valence-electron chi connectivity index (χ0n) is 15.1. The standard InChI is InChI=1S/C20H21N5O2/c1-15-3-2-4-19(22-15)25-13-18(21-14-25)20(26)23-16-5-7-17(8-6-16)24-9-11-27-12-10-24/h2-8,13-14H,9-12H2,1H3,(H,23,26). The summed E-state index contributed by atoms with van der Waals surface area (Å²) in [5, 5.41) is 2.89. The zero-order chi connectivity index (χ0) is 18.6. The van der Waals surface area contributed by atoms with Gasteiger partial charge < -0.3 is 15.0 Å². The third-order valence-corrected chi connectivity index (χ3v) is 4.45. The molecule has 1 aliphatic heterocycles. The first kappa shape index (κ1) is 17.2. The number of hydrogen-bond acceptors (Lipinski definition) is 5. The van der Waals surface area contributed by atoms with Crippen molar-refractivity contribution in [2.24, 2.45) is 0 Å². The maximum atomic E-state index is 12.5. The van der Waals surface area contributed by atoms with Crippen LogP contribution in [0.2, 0.25) is 0 Å². The molecular weight excluding hydrogens is 342 g/mol. The Morgan fingerprint density at radius 2 is 1.89 bits per heavy atom. The van der Waals surface area contributed by atoms with Gasteiger partial charge in [0.25, 0.3) is 5.91 Å². The van der Waals surface area contributed by atoms with Gasteiger partial charge in [-0.25, -0.2) is 9.97 Å². The molecule has 4 rings (SSSR count). The van der Waals surface area contributed by atoms with Crippen molar-refractivity contribution in [1.82, 2.24) is 14.5 Å². The molecule has 1 amide bonds. The predicted octanol–water partition coefficient (Wildman–Crippen LogP) is 2.66. The molecule has 0 aliphatic carbocycles. The molecule has 3 aromatic rings. The van der Waals surface area contributed by atoms with Crippen molar-refractivity contribution in [2.45, 2.75) is 6.92 Å². The number of pyridine rings is 1. The molecule has 0 unspecified atom stereocenters. The van der Waals surface area contributed by atoms with Gasteiger partial charge in [0, 0.05) is 36.4 Å². The predicted molar refractivity (Wildman–Crippen MR) is 104 cm³/mol. The number of anilines is 2. The molecule has 1 fully saturated rings. The summed E-state index contributed by atoms with van der Waals surface area (Å²) in [5.41, 5.74) is 3.12. The Hall–Kier alpha value is -3.19. The van der Waals surface area contributed by atoms with Crippen LogP contribution in [-0.4, -0.2) is 46.7 Å². The minimum Gasteiger partial charge on any atom is -0.378 e. The van der Waals surface area contributed by atoms with Crippen LogP contribution in [0.1, 0.15) is 16.2 Å². The van der Waals surface area contributed by atoms with Crippen LogP contribution in [0.4, 0.5) is 11.4 Å². The van der Waals surface area contributed by atoms with Crippen molar-refractivity contribution in [3.05, 3.63) is 66.4 Å². The second kappa shape index (κ2) is 7.59. The number of ether oxygens (including phenoxy) is 1. The van der Waals surface area contributed by atoms with Gasteiger partial charge in [-0.2, -0.15) is 0 Å². The number of rotatable bonds is 4. The van der Waals surface area contributed by atoms with E-state index >= 15 is 0 Å². The van der Waals surface area contributed by atoms with E-state index in [9.17, 15) is 4.79 Å². The molecule has 1 saturated heterocycles. The number of carbonyl (C=O) groups excluding carboxylic acids is 1. The quantitative estimate of drug-likeness (QED) is 0.772. The summed E-state index contributed by atoms with van der Waals surface area (Å²) < 4.78 is 7.11. The molecule has 1 aliphatic rings. The lowest BCUT2D eigenvalue weighted by Crippen LogP contribution is -2.36. The molecule has 0 radical (unpaired) electrons. The number of hydrogen-bond donors (Lipinski definition) is 1. The summed E-state index contributed by atoms with van der Waals surface area (Å²) in [6.45, 7) is 5.19. The summed E-state index contributed by atoms with van der Waals surface area (Å²) in [6, 6.07) is 13.6. The van der Waals surface area contributed by atoms with Gasteiger partial charge in [0.2, 0.25) is 0 Å². The number of morpholine rings is 1. The van der Waals surface area contributed by atoms with Gasteiger partial charge in [-0.3, -0.25) is 9.36 Å². The smallest absolute Gasteiger partial charge is 0.275 e. The van der Waals surface area contributed by atoms with Crippen LogP contribution >= 0.6 is 0 Å². The van der Waals surface area contributed by atoms with Gasteiger partial charge >= 0.3 is 0 Å². The molecule has 1 N–H and O–H groups in total. The van der Waals surface area contributed by atoms with E-state index < -0.39 is 0 Å². The minimum absolute atomic E-state index is 0.250. The number of imidazole rings is 1. The highest BCUT2D eigenvalue weighted by molar-refractivity contribution is 6.02. The van der Waals surface area contributed by atoms with Crippen molar-refractivity contribution >= 4 is 17.3 Å². The normalized spacial score (nSPS) is 14.2. The van der Waals surface area contributed by atoms with Gasteiger partial charge in [0.15, 0.2) is 0 Å². The molecule has 2 aromatic heterocycles. The largest absolute Gasteiger partial charge is 0.378 e. The topological polar surface area (TPSA) is 72.3 Å². The highest BCUT2D eigenvalue weighted by Crippen LogP contribution is 2.19. The SMILES string of the molecule is Cc1cccc(-n2cnc(C(=O)Nc3ccc(N4CCOCC4)cc3)c2)n1. The fourth-order valence-corrected chi connectivity index (χ4v) is 3.01. The highest BCUT2D eigenvalue weighted by atomic mass is 16.5. The lowest BCUT2D eigenvalue weighted by Gasteiger charge is -2.28. The van der Waals surface area contributed by atoms with Crippen molar-refractivity contribution < 1.29 is 9.53 Å². The van der Waals surface area contributed by atoms with E-state index in [2.05, 4.69) is 20.2 Å². The summed E-state index contributed by atoms with van der Waals surface area (Å²) in [4.78, 5) is 23.4. The average molecular weight is 363 g/mol. The Labute approximate surface area is 157 Å². The van der Waals surface area contributed by atoms with Crippen LogP contribution in [0.3, 0.4) is 0 Å². The van der Waals surface area contributed by atoms with Gasteiger partial charge in [0.05, 0.1) is 13.2 Å². The molecule has 0 atom stereocenters. The second-order valence-electron chi connectivity index (χ2n) is 6.40. The Balaban J connectivity index is 1.43. The fraction of sp³-hybridized carbons (Fsp3) is 0.250. The minimum atomic E-state index is -0.250. The molecule has 0 bridgehead atoms. The molecule has 7 nitrogen and oxygen atoms in total. The second-order valence-corrected chi connectivity index (χ2v) is 6.40. The first-order chi connectivity index (χ1) is 13.2. The number of aromatic nitrogens is 3. The summed E-state index contributed by atoms with van der Waals surface area (Å²) in [5.74, 6) is 0.483. The zero-order valence-corrected chi connectivity index (χ0v) is 15.1. The third-order valence-electron chi connectivity index (χ3n) is 4.45. The van der Waals surface area contributed by atoms with E-state index in [0.717, 1.165) is 49.2 Å². The Bertz CT molecular complexity index is 930. The molecule has 138 valence electrons. The Kier molecular flexibility index (Phi) is 4.84. The Morgan fingerprint density at radius 1 is 1.11 bits per heavy atom. The van der Waals surface area contributed by atoms with E-state index in [-0.39, 0.29) is 5.91 Å². The third kappa shape index (κ3) is 3.98. The number of aryl methyl sites for hydroxylation is 1. The number of carbonyl (C=O) groups is 1. The summed E-state index contributed by atoms with van der Waals surface area (Å²) in [6.07, 6.45) is 3.28. The average Bonchev–Trinajstić information content (AvgIpc) is 3.20. The van der Waals surface area contributed by atoms with Crippen molar-refractivity contribution in [3.63, 3.8) is 0 Å². The fourth-order valence-electron chi connectivity index (χ4n) is 3.01. The summed E-state index contributed by atoms with van der Waals surface area (Å²) in [7, 11) is 0. The van der Waals surface area contributed by atoms with Crippen LogP contribution in [0.5, 0.6) is 0 Å². The summed E-state index contributed by atoms with van der Waals surface area (Å²) >= 11 is 0. The van der Waals surface area contributed by atoms with Gasteiger partial charge in [-0.05, 0) is 43.3 Å². The monoisotopic (exact) mass is 363 g/mol. The maximum Gasteiger partial charge on any atom is 0.275 e. The number of amides is 1. The van der Waals surface area contributed by atoms with Crippen LogP contribution in [0.15, 0.2) is 55.0 Å². The van der Waals surface area contributed by atoms with Crippen LogP contribution < -0.4 is 10.2 Å². The van der Waals surface area contributed by atoms with E-state index in [1.165, 1.54) is 0 Å². The molecule has 27 heavy (non-hydrogen) atoms. The lowest BCUT2D eigenvalue weighted by atomic mass is 10.2. The molecule has 7 heteroatoms. The Morgan fingerprint density at radius 3 is 2.63 bits per heavy atom. The first-order valence-corrected chi connectivity index (χ1v) is 8.91. The highest BCUT2D eigenvalue weighted by Gasteiger charge is 2.13. The van der Waals surface area contributed by atoms with Crippen molar-refractivity contribution in [3.8, 4) is 5.82 Å².